The van der Waals surface area contributed by atoms with Crippen LogP contribution < -0.4 is 0 Å². The molecule has 3 heteroatoms. The van der Waals surface area contributed by atoms with E-state index in [4.69, 9.17) is 11.6 Å². The summed E-state index contributed by atoms with van der Waals surface area (Å²) in [6.45, 7) is 4.13. The van der Waals surface area contributed by atoms with Gasteiger partial charge in [0.25, 0.3) is 0 Å². The molecule has 1 aliphatic carbocycles. The molecule has 2 rings (SSSR count). The molecule has 1 aliphatic heterocycles. The van der Waals surface area contributed by atoms with E-state index in [0.29, 0.717) is 17.5 Å². The van der Waals surface area contributed by atoms with E-state index in [9.17, 15) is 4.79 Å². The van der Waals surface area contributed by atoms with E-state index in [0.717, 1.165) is 5.03 Å². The number of hydrogen-bond acceptors (Lipinski definition) is 2. The summed E-state index contributed by atoms with van der Waals surface area (Å²) in [7, 11) is 0. The van der Waals surface area contributed by atoms with Crippen LogP contribution in [0.25, 0.3) is 0 Å². The van der Waals surface area contributed by atoms with E-state index < -0.39 is 0 Å². The van der Waals surface area contributed by atoms with Gasteiger partial charge in [-0.3, -0.25) is 4.79 Å². The van der Waals surface area contributed by atoms with Crippen LogP contribution in [-0.2, 0) is 4.79 Å². The second-order valence-corrected chi connectivity index (χ2v) is 5.93. The zero-order valence-electron chi connectivity index (χ0n) is 8.29. The number of halogens is 1. The van der Waals surface area contributed by atoms with E-state index >= 15 is 0 Å². The number of carbonyl (C=O) groups excluding carboxylic acids is 1. The molecular weight excluding hydrogens is 216 g/mol. The molecule has 2 aliphatic rings. The smallest absolute Gasteiger partial charge is 0.142 e. The van der Waals surface area contributed by atoms with Crippen molar-refractivity contribution in [3.05, 3.63) is 22.1 Å². The van der Waals surface area contributed by atoms with Crippen molar-refractivity contribution < 1.29 is 4.79 Å². The molecule has 76 valence electrons. The van der Waals surface area contributed by atoms with Gasteiger partial charge in [-0.2, -0.15) is 0 Å². The molecular formula is C11H13ClOS. The Kier molecular flexibility index (Phi) is 2.76. The fourth-order valence-corrected chi connectivity index (χ4v) is 3.59. The molecule has 2 unspecified atom stereocenters. The monoisotopic (exact) mass is 228 g/mol. The number of ketones is 1. The van der Waals surface area contributed by atoms with Gasteiger partial charge < -0.3 is 0 Å². The summed E-state index contributed by atoms with van der Waals surface area (Å²) < 4.78 is 0. The van der Waals surface area contributed by atoms with E-state index in [1.54, 1.807) is 0 Å². The summed E-state index contributed by atoms with van der Waals surface area (Å²) in [6.07, 6.45) is 4.61. The number of rotatable bonds is 0. The summed E-state index contributed by atoms with van der Waals surface area (Å²) in [5, 5.41) is 1.23. The van der Waals surface area contributed by atoms with Crippen molar-refractivity contribution in [3.63, 3.8) is 0 Å². The molecule has 1 nitrogen and oxygen atoms in total. The molecule has 0 aromatic heterocycles. The summed E-state index contributed by atoms with van der Waals surface area (Å²) in [5.74, 6) is 0.555. The number of Topliss-reactive ketones (excluding diaryl/α,β-unsaturated/α-hetero) is 1. The lowest BCUT2D eigenvalue weighted by Crippen LogP contribution is -2.31. The molecule has 1 fully saturated rings. The zero-order chi connectivity index (χ0) is 10.3. The Morgan fingerprint density at radius 2 is 2.14 bits per heavy atom. The number of fused-ring (bicyclic) bond motifs is 1. The molecule has 3 atom stereocenters. The Bertz CT molecular complexity index is 332. The molecule has 0 saturated carbocycles. The average Bonchev–Trinajstić information content (AvgIpc) is 2.10. The zero-order valence-corrected chi connectivity index (χ0v) is 9.86. The number of thioether (sulfide) groups is 1. The van der Waals surface area contributed by atoms with Crippen LogP contribution in [0.3, 0.4) is 0 Å². The first-order valence-corrected chi connectivity index (χ1v) is 6.12. The molecule has 0 aromatic carbocycles. The summed E-state index contributed by atoms with van der Waals surface area (Å²) in [4.78, 5) is 13.1. The van der Waals surface area contributed by atoms with Gasteiger partial charge in [0.1, 0.15) is 5.78 Å². The van der Waals surface area contributed by atoms with Crippen molar-refractivity contribution in [1.82, 2.24) is 0 Å². The Labute approximate surface area is 93.6 Å². The second-order valence-electron chi connectivity index (χ2n) is 3.99. The van der Waals surface area contributed by atoms with Crippen molar-refractivity contribution in [2.75, 3.05) is 0 Å². The highest BCUT2D eigenvalue weighted by molar-refractivity contribution is 8.03. The molecule has 1 heterocycles. The van der Waals surface area contributed by atoms with Crippen LogP contribution in [0.2, 0.25) is 0 Å². The van der Waals surface area contributed by atoms with Gasteiger partial charge >= 0.3 is 0 Å². The predicted octanol–water partition coefficient (Wildman–Crippen LogP) is 3.35. The third kappa shape index (κ3) is 1.66. The van der Waals surface area contributed by atoms with E-state index in [1.165, 1.54) is 4.91 Å². The topological polar surface area (TPSA) is 17.1 Å². The SMILES string of the molecule is CC1CC(=O)C2C(=CC=C(Cl)[C@@H]2C)S1. The minimum absolute atomic E-state index is 0.0358. The van der Waals surface area contributed by atoms with Gasteiger partial charge in [0.05, 0.1) is 5.92 Å². The van der Waals surface area contributed by atoms with Crippen LogP contribution in [0.4, 0.5) is 0 Å². The maximum absolute atomic E-state index is 11.9. The normalized spacial score (nSPS) is 37.4. The fourth-order valence-electron chi connectivity index (χ4n) is 2.06. The van der Waals surface area contributed by atoms with Gasteiger partial charge in [-0.05, 0) is 11.0 Å². The van der Waals surface area contributed by atoms with E-state index in [2.05, 4.69) is 6.92 Å². The summed E-state index contributed by atoms with van der Waals surface area (Å²) in [6, 6.07) is 0. The number of allylic oxidation sites excluding steroid dienone is 4. The van der Waals surface area contributed by atoms with Crippen molar-refractivity contribution >= 4 is 29.1 Å². The molecule has 0 N–H and O–H groups in total. The van der Waals surface area contributed by atoms with Crippen molar-refractivity contribution in [1.29, 1.82) is 0 Å². The van der Waals surface area contributed by atoms with Gasteiger partial charge in [0.2, 0.25) is 0 Å². The van der Waals surface area contributed by atoms with Crippen LogP contribution in [-0.4, -0.2) is 11.0 Å². The lowest BCUT2D eigenvalue weighted by Gasteiger charge is -2.33. The summed E-state index contributed by atoms with van der Waals surface area (Å²) in [5.41, 5.74) is 0. The molecule has 0 radical (unpaired) electrons. The number of carbonyl (C=O) groups is 1. The van der Waals surface area contributed by atoms with Gasteiger partial charge in [0, 0.05) is 22.6 Å². The minimum atomic E-state index is 0.0358. The first kappa shape index (κ1) is 10.3. The lowest BCUT2D eigenvalue weighted by atomic mass is 9.84. The highest BCUT2D eigenvalue weighted by Crippen LogP contribution is 2.45. The Hall–Kier alpha value is -0.210. The van der Waals surface area contributed by atoms with Crippen LogP contribution in [0.15, 0.2) is 22.1 Å². The predicted molar refractivity (Wildman–Crippen MR) is 61.4 cm³/mol. The Morgan fingerprint density at radius 3 is 2.86 bits per heavy atom. The highest BCUT2D eigenvalue weighted by Gasteiger charge is 2.37. The number of hydrogen-bond donors (Lipinski definition) is 0. The van der Waals surface area contributed by atoms with E-state index in [1.807, 2.05) is 30.8 Å². The second kappa shape index (κ2) is 3.74. The average molecular weight is 229 g/mol. The molecule has 0 bridgehead atoms. The van der Waals surface area contributed by atoms with Crippen LogP contribution in [0, 0.1) is 11.8 Å². The third-order valence-corrected chi connectivity index (χ3v) is 4.52. The van der Waals surface area contributed by atoms with Gasteiger partial charge in [-0.1, -0.05) is 31.5 Å². The molecule has 1 saturated heterocycles. The minimum Gasteiger partial charge on any atom is -0.299 e. The van der Waals surface area contributed by atoms with Crippen LogP contribution >= 0.6 is 23.4 Å². The van der Waals surface area contributed by atoms with E-state index in [-0.39, 0.29) is 11.8 Å². The third-order valence-electron chi connectivity index (χ3n) is 2.82. The molecule has 0 aromatic rings. The van der Waals surface area contributed by atoms with Gasteiger partial charge in [-0.15, -0.1) is 11.8 Å². The molecule has 0 amide bonds. The first-order chi connectivity index (χ1) is 6.59. The fraction of sp³-hybridized carbons (Fsp3) is 0.545. The van der Waals surface area contributed by atoms with Crippen LogP contribution in [0.5, 0.6) is 0 Å². The maximum atomic E-state index is 11.9. The van der Waals surface area contributed by atoms with Crippen molar-refractivity contribution in [2.45, 2.75) is 25.5 Å². The Balaban J connectivity index is 2.33. The molecule has 0 spiro atoms. The summed E-state index contributed by atoms with van der Waals surface area (Å²) >= 11 is 7.86. The molecule has 14 heavy (non-hydrogen) atoms. The quantitative estimate of drug-likeness (QED) is 0.633. The van der Waals surface area contributed by atoms with Crippen LogP contribution in [0.1, 0.15) is 20.3 Å². The first-order valence-electron chi connectivity index (χ1n) is 4.86. The highest BCUT2D eigenvalue weighted by atomic mass is 35.5. The maximum Gasteiger partial charge on any atom is 0.142 e. The van der Waals surface area contributed by atoms with Gasteiger partial charge in [0.15, 0.2) is 0 Å². The van der Waals surface area contributed by atoms with Crippen molar-refractivity contribution in [3.8, 4) is 0 Å². The standard InChI is InChI=1S/C11H13ClOS/c1-6-5-9(13)11-7(2)8(12)3-4-10(11)14-6/h3-4,6-7,11H,5H2,1-2H3/t6?,7-,11?/m0/s1. The lowest BCUT2D eigenvalue weighted by molar-refractivity contribution is -0.122. The largest absolute Gasteiger partial charge is 0.299 e. The van der Waals surface area contributed by atoms with Gasteiger partial charge in [-0.25, -0.2) is 0 Å². The Morgan fingerprint density at radius 1 is 1.43 bits per heavy atom. The van der Waals surface area contributed by atoms with Crippen molar-refractivity contribution in [2.24, 2.45) is 11.8 Å².